The lowest BCUT2D eigenvalue weighted by molar-refractivity contribution is 0.401. The molecule has 1 aromatic rings. The van der Waals surface area contributed by atoms with Gasteiger partial charge in [-0.05, 0) is 19.0 Å². The number of hydrogen-bond acceptors (Lipinski definition) is 2. The largest absolute Gasteiger partial charge is 0.313 e. The molecule has 14 heavy (non-hydrogen) atoms. The second-order valence-corrected chi connectivity index (χ2v) is 5.72. The van der Waals surface area contributed by atoms with Crippen LogP contribution in [0.15, 0.2) is 6.07 Å². The van der Waals surface area contributed by atoms with Crippen molar-refractivity contribution >= 4 is 34.5 Å². The molecule has 0 aliphatic rings. The number of nitrogens with one attached hydrogen (secondary N) is 1. The van der Waals surface area contributed by atoms with Crippen LogP contribution in [0, 0.1) is 5.92 Å². The van der Waals surface area contributed by atoms with Crippen molar-refractivity contribution < 1.29 is 0 Å². The summed E-state index contributed by atoms with van der Waals surface area (Å²) >= 11 is 13.5. The zero-order valence-electron chi connectivity index (χ0n) is 8.60. The van der Waals surface area contributed by atoms with E-state index >= 15 is 0 Å². The fraction of sp³-hybridized carbons (Fsp3) is 0.600. The first-order chi connectivity index (χ1) is 6.60. The van der Waals surface area contributed by atoms with Crippen molar-refractivity contribution in [1.82, 2.24) is 5.32 Å². The lowest BCUT2D eigenvalue weighted by atomic mass is 9.94. The molecular weight excluding hydrogens is 237 g/mol. The van der Waals surface area contributed by atoms with Gasteiger partial charge in [0, 0.05) is 11.6 Å². The summed E-state index contributed by atoms with van der Waals surface area (Å²) in [6.07, 6.45) is 1.12. The highest BCUT2D eigenvalue weighted by Gasteiger charge is 2.20. The highest BCUT2D eigenvalue weighted by Crippen LogP contribution is 2.37. The third kappa shape index (κ3) is 2.63. The van der Waals surface area contributed by atoms with Crippen LogP contribution in [0.5, 0.6) is 0 Å². The third-order valence-corrected chi connectivity index (χ3v) is 4.06. The maximum Gasteiger partial charge on any atom is 0.0992 e. The van der Waals surface area contributed by atoms with Gasteiger partial charge in [0.1, 0.15) is 0 Å². The van der Waals surface area contributed by atoms with E-state index in [1.54, 1.807) is 0 Å². The van der Waals surface area contributed by atoms with Crippen LogP contribution in [0.3, 0.4) is 0 Å². The lowest BCUT2D eigenvalue weighted by Gasteiger charge is -2.21. The number of thiophene rings is 1. The van der Waals surface area contributed by atoms with Crippen molar-refractivity contribution in [3.63, 3.8) is 0 Å². The van der Waals surface area contributed by atoms with Crippen LogP contribution in [-0.4, -0.2) is 7.05 Å². The van der Waals surface area contributed by atoms with Crippen molar-refractivity contribution in [3.05, 3.63) is 20.3 Å². The van der Waals surface area contributed by atoms with Crippen LogP contribution in [0.4, 0.5) is 0 Å². The molecule has 0 bridgehead atoms. The smallest absolute Gasteiger partial charge is 0.0992 e. The number of halogens is 2. The first kappa shape index (κ1) is 12.3. The molecule has 4 heteroatoms. The van der Waals surface area contributed by atoms with Crippen molar-refractivity contribution in [2.75, 3.05) is 7.05 Å². The van der Waals surface area contributed by atoms with Crippen LogP contribution in [0.2, 0.25) is 8.67 Å². The molecule has 2 unspecified atom stereocenters. The summed E-state index contributed by atoms with van der Waals surface area (Å²) < 4.78 is 1.56. The summed E-state index contributed by atoms with van der Waals surface area (Å²) in [5.74, 6) is 0.558. The molecule has 2 atom stereocenters. The molecule has 1 N–H and O–H groups in total. The molecule has 1 heterocycles. The zero-order chi connectivity index (χ0) is 10.7. The Morgan fingerprint density at radius 1 is 1.50 bits per heavy atom. The molecule has 1 aromatic heterocycles. The topological polar surface area (TPSA) is 12.0 Å². The normalized spacial score (nSPS) is 15.5. The molecule has 1 rings (SSSR count). The summed E-state index contributed by atoms with van der Waals surface area (Å²) in [4.78, 5) is 0. The maximum atomic E-state index is 6.11. The quantitative estimate of drug-likeness (QED) is 0.839. The molecule has 0 radical (unpaired) electrons. The van der Waals surface area contributed by atoms with E-state index in [0.29, 0.717) is 12.0 Å². The molecule has 0 aliphatic carbocycles. The van der Waals surface area contributed by atoms with E-state index < -0.39 is 0 Å². The second kappa shape index (κ2) is 5.36. The van der Waals surface area contributed by atoms with Gasteiger partial charge < -0.3 is 5.32 Å². The van der Waals surface area contributed by atoms with E-state index in [1.807, 2.05) is 13.1 Å². The van der Waals surface area contributed by atoms with Crippen LogP contribution < -0.4 is 5.32 Å². The van der Waals surface area contributed by atoms with Crippen LogP contribution in [-0.2, 0) is 0 Å². The average molecular weight is 252 g/mol. The Labute approximate surface area is 99.4 Å². The first-order valence-electron chi connectivity index (χ1n) is 4.72. The highest BCUT2D eigenvalue weighted by atomic mass is 35.5. The summed E-state index contributed by atoms with van der Waals surface area (Å²) in [5, 5.41) is 3.29. The fourth-order valence-corrected chi connectivity index (χ4v) is 3.10. The van der Waals surface area contributed by atoms with Gasteiger partial charge in [0.05, 0.1) is 8.67 Å². The Morgan fingerprint density at radius 3 is 2.50 bits per heavy atom. The van der Waals surface area contributed by atoms with Crippen molar-refractivity contribution in [3.8, 4) is 0 Å². The Balaban J connectivity index is 2.94. The molecule has 0 aromatic carbocycles. The first-order valence-corrected chi connectivity index (χ1v) is 6.29. The van der Waals surface area contributed by atoms with Gasteiger partial charge in [-0.1, -0.05) is 43.5 Å². The van der Waals surface area contributed by atoms with Crippen molar-refractivity contribution in [2.24, 2.45) is 5.92 Å². The van der Waals surface area contributed by atoms with Gasteiger partial charge in [-0.3, -0.25) is 0 Å². The summed E-state index contributed by atoms with van der Waals surface area (Å²) in [5.41, 5.74) is 1.12. The zero-order valence-corrected chi connectivity index (χ0v) is 10.9. The van der Waals surface area contributed by atoms with E-state index in [1.165, 1.54) is 11.3 Å². The standard InChI is InChI=1S/C10H15Cl2NS/c1-4-6(2)9(13-3)7-5-8(11)14-10(7)12/h5-6,9,13H,4H2,1-3H3. The van der Waals surface area contributed by atoms with Crippen molar-refractivity contribution in [1.29, 1.82) is 0 Å². The molecule has 0 aliphatic heterocycles. The van der Waals surface area contributed by atoms with Gasteiger partial charge in [0.2, 0.25) is 0 Å². The number of hydrogen-bond donors (Lipinski definition) is 1. The van der Waals surface area contributed by atoms with Crippen LogP contribution in [0.25, 0.3) is 0 Å². The van der Waals surface area contributed by atoms with E-state index in [-0.39, 0.29) is 0 Å². The second-order valence-electron chi connectivity index (χ2n) is 3.43. The van der Waals surface area contributed by atoms with Gasteiger partial charge in [-0.25, -0.2) is 0 Å². The summed E-state index contributed by atoms with van der Waals surface area (Å²) in [6, 6.07) is 2.26. The van der Waals surface area contributed by atoms with Gasteiger partial charge in [-0.15, -0.1) is 11.3 Å². The SMILES string of the molecule is CCC(C)C(NC)c1cc(Cl)sc1Cl. The van der Waals surface area contributed by atoms with E-state index in [9.17, 15) is 0 Å². The Morgan fingerprint density at radius 2 is 2.14 bits per heavy atom. The van der Waals surface area contributed by atoms with Gasteiger partial charge in [0.25, 0.3) is 0 Å². The molecule has 1 nitrogen and oxygen atoms in total. The molecule has 0 spiro atoms. The lowest BCUT2D eigenvalue weighted by Crippen LogP contribution is -2.22. The maximum absolute atomic E-state index is 6.11. The minimum Gasteiger partial charge on any atom is -0.313 e. The third-order valence-electron chi connectivity index (χ3n) is 2.54. The Bertz CT molecular complexity index is 298. The Kier molecular flexibility index (Phi) is 4.71. The highest BCUT2D eigenvalue weighted by molar-refractivity contribution is 7.20. The molecule has 0 fully saturated rings. The van der Waals surface area contributed by atoms with Gasteiger partial charge in [-0.2, -0.15) is 0 Å². The molecule has 80 valence electrons. The monoisotopic (exact) mass is 251 g/mol. The molecule has 0 saturated carbocycles. The minimum absolute atomic E-state index is 0.302. The average Bonchev–Trinajstić information content (AvgIpc) is 2.47. The number of rotatable bonds is 4. The van der Waals surface area contributed by atoms with Gasteiger partial charge in [0.15, 0.2) is 0 Å². The van der Waals surface area contributed by atoms with E-state index in [4.69, 9.17) is 23.2 Å². The predicted octanol–water partition coefficient (Wildman–Crippen LogP) is 4.36. The van der Waals surface area contributed by atoms with Crippen LogP contribution in [0.1, 0.15) is 31.9 Å². The summed E-state index contributed by atoms with van der Waals surface area (Å²) in [7, 11) is 1.96. The minimum atomic E-state index is 0.302. The molecular formula is C10H15Cl2NS. The summed E-state index contributed by atoms with van der Waals surface area (Å²) in [6.45, 7) is 4.39. The van der Waals surface area contributed by atoms with Crippen LogP contribution >= 0.6 is 34.5 Å². The van der Waals surface area contributed by atoms with Gasteiger partial charge >= 0.3 is 0 Å². The predicted molar refractivity (Wildman–Crippen MR) is 65.6 cm³/mol. The van der Waals surface area contributed by atoms with Crippen molar-refractivity contribution in [2.45, 2.75) is 26.3 Å². The van der Waals surface area contributed by atoms with E-state index in [0.717, 1.165) is 20.7 Å². The van der Waals surface area contributed by atoms with E-state index in [2.05, 4.69) is 19.2 Å². The Hall–Kier alpha value is 0.240. The molecule has 0 saturated heterocycles. The fourth-order valence-electron chi connectivity index (χ4n) is 1.55. The molecule has 0 amide bonds.